The van der Waals surface area contributed by atoms with Gasteiger partial charge in [-0.15, -0.1) is 11.6 Å². The molecule has 0 aliphatic rings. The van der Waals surface area contributed by atoms with Gasteiger partial charge in [-0.1, -0.05) is 6.07 Å². The molecule has 0 radical (unpaired) electrons. The van der Waals surface area contributed by atoms with Crippen LogP contribution in [0.4, 0.5) is 0 Å². The van der Waals surface area contributed by atoms with E-state index in [1.807, 2.05) is 24.4 Å². The van der Waals surface area contributed by atoms with E-state index in [1.165, 1.54) is 16.5 Å². The first-order valence-corrected chi connectivity index (χ1v) is 4.05. The van der Waals surface area contributed by atoms with E-state index in [-0.39, 0.29) is 0 Å². The van der Waals surface area contributed by atoms with Crippen LogP contribution in [0.3, 0.4) is 0 Å². The van der Waals surface area contributed by atoms with Crippen LogP contribution in [0.2, 0.25) is 0 Å². The fraction of sp³-hybridized carbons (Fsp3) is 0.111. The number of hydrogen-bond donors (Lipinski definition) is 1. The molecule has 1 N–H and O–H groups in total. The summed E-state index contributed by atoms with van der Waals surface area (Å²) in [5.41, 5.74) is 2.33. The van der Waals surface area contributed by atoms with Crippen molar-refractivity contribution in [2.45, 2.75) is 5.88 Å². The maximum Gasteiger partial charge on any atom is 0.0474 e. The molecule has 0 aliphatic carbocycles. The lowest BCUT2D eigenvalue weighted by atomic mass is 10.2. The Labute approximate surface area is 70.0 Å². The minimum atomic E-state index is 0.584. The van der Waals surface area contributed by atoms with Crippen LogP contribution in [-0.2, 0) is 5.88 Å². The fourth-order valence-electron chi connectivity index (χ4n) is 1.19. The Balaban J connectivity index is 2.67. The Morgan fingerprint density at radius 1 is 1.27 bits per heavy atom. The average molecular weight is 166 g/mol. The zero-order valence-electron chi connectivity index (χ0n) is 5.97. The molecule has 0 spiro atoms. The van der Waals surface area contributed by atoms with E-state index in [9.17, 15) is 0 Å². The van der Waals surface area contributed by atoms with E-state index < -0.39 is 0 Å². The van der Waals surface area contributed by atoms with Gasteiger partial charge in [-0.25, -0.2) is 0 Å². The molecule has 1 heterocycles. The Kier molecular flexibility index (Phi) is 1.59. The van der Waals surface area contributed by atoms with Gasteiger partial charge in [0.2, 0.25) is 0 Å². The SMILES string of the molecule is ClCc1ccc2[nH]ccc2c1. The van der Waals surface area contributed by atoms with Crippen LogP contribution in [-0.4, -0.2) is 4.98 Å². The van der Waals surface area contributed by atoms with Gasteiger partial charge in [0.1, 0.15) is 0 Å². The monoisotopic (exact) mass is 165 g/mol. The predicted molar refractivity (Wildman–Crippen MR) is 47.9 cm³/mol. The standard InChI is InChI=1S/C9H8ClN/c10-6-7-1-2-9-8(5-7)3-4-11-9/h1-5,11H,6H2. The highest BCUT2D eigenvalue weighted by Gasteiger charge is 1.94. The van der Waals surface area contributed by atoms with Gasteiger partial charge in [-0.2, -0.15) is 0 Å². The van der Waals surface area contributed by atoms with E-state index >= 15 is 0 Å². The van der Waals surface area contributed by atoms with Crippen molar-refractivity contribution in [3.05, 3.63) is 36.0 Å². The fourth-order valence-corrected chi connectivity index (χ4v) is 1.35. The number of nitrogens with one attached hydrogen (secondary N) is 1. The third-order valence-corrected chi connectivity index (χ3v) is 2.08. The second-order valence-electron chi connectivity index (χ2n) is 2.53. The molecule has 2 heteroatoms. The lowest BCUT2D eigenvalue weighted by Gasteiger charge is -1.93. The Bertz CT molecular complexity index is 364. The summed E-state index contributed by atoms with van der Waals surface area (Å²) in [5, 5.41) is 1.23. The van der Waals surface area contributed by atoms with Crippen LogP contribution in [0.5, 0.6) is 0 Å². The number of H-pyrrole nitrogens is 1. The summed E-state index contributed by atoms with van der Waals surface area (Å²) in [6.07, 6.45) is 1.93. The third-order valence-electron chi connectivity index (χ3n) is 1.77. The predicted octanol–water partition coefficient (Wildman–Crippen LogP) is 2.91. The first-order valence-electron chi connectivity index (χ1n) is 3.52. The lowest BCUT2D eigenvalue weighted by molar-refractivity contribution is 1.41. The second-order valence-corrected chi connectivity index (χ2v) is 2.80. The van der Waals surface area contributed by atoms with Crippen LogP contribution in [0.15, 0.2) is 30.5 Å². The minimum Gasteiger partial charge on any atom is -0.361 e. The number of halogens is 1. The quantitative estimate of drug-likeness (QED) is 0.626. The number of aromatic amines is 1. The molecule has 0 aliphatic heterocycles. The van der Waals surface area contributed by atoms with Gasteiger partial charge in [-0.3, -0.25) is 0 Å². The van der Waals surface area contributed by atoms with Gasteiger partial charge in [0.05, 0.1) is 0 Å². The van der Waals surface area contributed by atoms with E-state index in [0.29, 0.717) is 5.88 Å². The van der Waals surface area contributed by atoms with Crippen molar-refractivity contribution in [3.8, 4) is 0 Å². The molecule has 0 fully saturated rings. The molecule has 0 unspecified atom stereocenters. The Morgan fingerprint density at radius 2 is 2.18 bits per heavy atom. The maximum atomic E-state index is 5.68. The van der Waals surface area contributed by atoms with Crippen LogP contribution in [0.25, 0.3) is 10.9 Å². The third kappa shape index (κ3) is 1.12. The summed E-state index contributed by atoms with van der Waals surface area (Å²) in [6, 6.07) is 8.23. The van der Waals surface area contributed by atoms with Crippen molar-refractivity contribution in [3.63, 3.8) is 0 Å². The van der Waals surface area contributed by atoms with E-state index in [4.69, 9.17) is 11.6 Å². The smallest absolute Gasteiger partial charge is 0.0474 e. The van der Waals surface area contributed by atoms with E-state index in [0.717, 1.165) is 0 Å². The summed E-state index contributed by atoms with van der Waals surface area (Å²) in [6.45, 7) is 0. The van der Waals surface area contributed by atoms with Crippen molar-refractivity contribution in [2.75, 3.05) is 0 Å². The maximum absolute atomic E-state index is 5.68. The molecule has 2 rings (SSSR count). The number of hydrogen-bond acceptors (Lipinski definition) is 0. The largest absolute Gasteiger partial charge is 0.361 e. The number of benzene rings is 1. The highest BCUT2D eigenvalue weighted by molar-refractivity contribution is 6.17. The van der Waals surface area contributed by atoms with Crippen LogP contribution >= 0.6 is 11.6 Å². The summed E-state index contributed by atoms with van der Waals surface area (Å²) < 4.78 is 0. The molecule has 56 valence electrons. The molecule has 1 nitrogen and oxygen atoms in total. The highest BCUT2D eigenvalue weighted by Crippen LogP contribution is 2.15. The van der Waals surface area contributed by atoms with Crippen LogP contribution in [0, 0.1) is 0 Å². The molecule has 0 saturated carbocycles. The summed E-state index contributed by atoms with van der Waals surface area (Å²) in [7, 11) is 0. The summed E-state index contributed by atoms with van der Waals surface area (Å²) in [5.74, 6) is 0.584. The number of alkyl halides is 1. The summed E-state index contributed by atoms with van der Waals surface area (Å²) >= 11 is 5.68. The molecule has 1 aromatic heterocycles. The number of aromatic nitrogens is 1. The summed E-state index contributed by atoms with van der Waals surface area (Å²) in [4.78, 5) is 3.13. The van der Waals surface area contributed by atoms with Gasteiger partial charge in [0, 0.05) is 17.6 Å². The average Bonchev–Trinajstić information content (AvgIpc) is 2.50. The van der Waals surface area contributed by atoms with Gasteiger partial charge < -0.3 is 4.98 Å². The first kappa shape index (κ1) is 6.74. The van der Waals surface area contributed by atoms with Crippen molar-refractivity contribution in [2.24, 2.45) is 0 Å². The molecule has 0 saturated heterocycles. The molecule has 11 heavy (non-hydrogen) atoms. The Hall–Kier alpha value is -0.950. The molecule has 0 amide bonds. The number of rotatable bonds is 1. The zero-order valence-corrected chi connectivity index (χ0v) is 6.73. The highest BCUT2D eigenvalue weighted by atomic mass is 35.5. The Morgan fingerprint density at radius 3 is 3.00 bits per heavy atom. The van der Waals surface area contributed by atoms with Crippen molar-refractivity contribution < 1.29 is 0 Å². The first-order chi connectivity index (χ1) is 5.40. The van der Waals surface area contributed by atoms with Crippen LogP contribution in [0.1, 0.15) is 5.56 Å². The van der Waals surface area contributed by atoms with E-state index in [2.05, 4.69) is 11.1 Å². The van der Waals surface area contributed by atoms with Gasteiger partial charge in [0.15, 0.2) is 0 Å². The molecule has 0 atom stereocenters. The van der Waals surface area contributed by atoms with E-state index in [1.54, 1.807) is 0 Å². The van der Waals surface area contributed by atoms with Gasteiger partial charge in [-0.05, 0) is 29.1 Å². The molecule has 0 bridgehead atoms. The van der Waals surface area contributed by atoms with Crippen LogP contribution < -0.4 is 0 Å². The topological polar surface area (TPSA) is 15.8 Å². The normalized spacial score (nSPS) is 10.6. The molecule has 1 aromatic carbocycles. The van der Waals surface area contributed by atoms with Crippen molar-refractivity contribution in [1.29, 1.82) is 0 Å². The molecular formula is C9H8ClN. The van der Waals surface area contributed by atoms with Gasteiger partial charge >= 0.3 is 0 Å². The lowest BCUT2D eigenvalue weighted by Crippen LogP contribution is -1.75. The molecular weight excluding hydrogens is 158 g/mol. The van der Waals surface area contributed by atoms with Crippen molar-refractivity contribution in [1.82, 2.24) is 4.98 Å². The molecule has 2 aromatic rings. The second kappa shape index (κ2) is 2.59. The number of fused-ring (bicyclic) bond motifs is 1. The minimum absolute atomic E-state index is 0.584. The zero-order chi connectivity index (χ0) is 7.68. The van der Waals surface area contributed by atoms with Gasteiger partial charge in [0.25, 0.3) is 0 Å². The van der Waals surface area contributed by atoms with Crippen molar-refractivity contribution >= 4 is 22.5 Å².